The first-order valence-electron chi connectivity index (χ1n) is 13.8. The highest BCUT2D eigenvalue weighted by molar-refractivity contribution is 7.80. The smallest absolute Gasteiger partial charge is 0.342 e. The molecule has 3 rings (SSSR count). The number of nitrogens with zero attached hydrogens (tertiary/aromatic N) is 3. The molecule has 0 radical (unpaired) electrons. The number of aromatic carboxylic acids is 1. The Morgan fingerprint density at radius 2 is 1.95 bits per heavy atom. The van der Waals surface area contributed by atoms with Gasteiger partial charge in [-0.1, -0.05) is 64.0 Å². The van der Waals surface area contributed by atoms with Crippen LogP contribution < -0.4 is 10.1 Å². The molecule has 2 atom stereocenters. The fourth-order valence-corrected chi connectivity index (χ4v) is 5.83. The number of imide groups is 1. The summed E-state index contributed by atoms with van der Waals surface area (Å²) in [7, 11) is 3.29. The summed E-state index contributed by atoms with van der Waals surface area (Å²) >= 11 is 11.8. The fraction of sp³-hybridized carbons (Fsp3) is 0.467. The van der Waals surface area contributed by atoms with E-state index in [1.807, 2.05) is 6.92 Å². The van der Waals surface area contributed by atoms with Gasteiger partial charge in [-0.2, -0.15) is 0 Å². The number of ether oxygens (including phenoxy) is 1. The summed E-state index contributed by atoms with van der Waals surface area (Å²) in [6.45, 7) is 7.28. The molecule has 1 fully saturated rings. The first-order chi connectivity index (χ1) is 20.1. The number of amides is 3. The molecule has 1 aliphatic heterocycles. The number of carboxylic acid groups (broad SMARTS) is 1. The lowest BCUT2D eigenvalue weighted by molar-refractivity contribution is -0.386. The van der Waals surface area contributed by atoms with Crippen LogP contribution in [0.4, 0.5) is 10.5 Å². The molecule has 0 saturated carbocycles. The Morgan fingerprint density at radius 1 is 1.28 bits per heavy atom. The number of carbonyl (C=O) groups is 3. The van der Waals surface area contributed by atoms with Gasteiger partial charge in [-0.3, -0.25) is 19.8 Å². The Kier molecular flexibility index (Phi) is 10.7. The fourth-order valence-electron chi connectivity index (χ4n) is 5.43. The van der Waals surface area contributed by atoms with Crippen LogP contribution >= 0.6 is 23.8 Å². The van der Waals surface area contributed by atoms with E-state index in [1.165, 1.54) is 19.2 Å². The monoisotopic (exact) mass is 632 g/mol. The summed E-state index contributed by atoms with van der Waals surface area (Å²) in [6.07, 6.45) is 1.22. The summed E-state index contributed by atoms with van der Waals surface area (Å²) in [5.74, 6) is -1.96. The van der Waals surface area contributed by atoms with E-state index in [9.17, 15) is 29.6 Å². The van der Waals surface area contributed by atoms with E-state index in [-0.39, 0.29) is 25.1 Å². The Balaban J connectivity index is 2.04. The molecule has 0 unspecified atom stereocenters. The Morgan fingerprint density at radius 3 is 2.51 bits per heavy atom. The van der Waals surface area contributed by atoms with Gasteiger partial charge in [0.2, 0.25) is 5.91 Å². The van der Waals surface area contributed by atoms with Gasteiger partial charge in [0.15, 0.2) is 0 Å². The van der Waals surface area contributed by atoms with E-state index in [0.717, 1.165) is 4.90 Å². The maximum Gasteiger partial charge on any atom is 0.342 e. The third-order valence-electron chi connectivity index (χ3n) is 7.41. The first kappa shape index (κ1) is 33.7. The molecular formula is C30H37ClN4O7S. The number of likely N-dealkylation sites (N-methyl/N-ethyl adjacent to an activating group) is 1. The Bertz CT molecular complexity index is 1440. The maximum atomic E-state index is 13.9. The molecule has 3 amide bonds. The van der Waals surface area contributed by atoms with Crippen molar-refractivity contribution in [3.8, 4) is 5.75 Å². The normalized spacial score (nSPS) is 16.5. The number of carbonyl (C=O) groups excluding carboxylic acids is 2. The number of halogens is 1. The van der Waals surface area contributed by atoms with Crippen LogP contribution in [0.3, 0.4) is 0 Å². The molecule has 0 bridgehead atoms. The largest absolute Gasteiger partial charge is 0.496 e. The Hall–Kier alpha value is -3.77. The number of nitro benzene ring substituents is 1. The van der Waals surface area contributed by atoms with Crippen LogP contribution in [0.25, 0.3) is 0 Å². The number of nitrogens with one attached hydrogen (secondary N) is 1. The van der Waals surface area contributed by atoms with Crippen molar-refractivity contribution in [1.29, 1.82) is 0 Å². The maximum absolute atomic E-state index is 13.9. The second-order valence-electron chi connectivity index (χ2n) is 11.6. The van der Waals surface area contributed by atoms with E-state index in [0.29, 0.717) is 39.7 Å². The quantitative estimate of drug-likeness (QED) is 0.200. The van der Waals surface area contributed by atoms with Crippen molar-refractivity contribution in [2.45, 2.75) is 58.4 Å². The van der Waals surface area contributed by atoms with E-state index in [2.05, 4.69) is 5.32 Å². The number of nitro groups is 1. The Labute approximate surface area is 261 Å². The lowest BCUT2D eigenvalue weighted by Gasteiger charge is -2.30. The molecule has 1 aliphatic rings. The van der Waals surface area contributed by atoms with Gasteiger partial charge in [0.1, 0.15) is 11.3 Å². The van der Waals surface area contributed by atoms with Crippen molar-refractivity contribution in [3.05, 3.63) is 67.7 Å². The van der Waals surface area contributed by atoms with Crippen molar-refractivity contribution in [3.63, 3.8) is 0 Å². The van der Waals surface area contributed by atoms with Gasteiger partial charge >= 0.3 is 12.0 Å². The van der Waals surface area contributed by atoms with Crippen molar-refractivity contribution in [2.24, 2.45) is 5.92 Å². The van der Waals surface area contributed by atoms with Gasteiger partial charge in [0.25, 0.3) is 5.69 Å². The highest BCUT2D eigenvalue weighted by atomic mass is 35.5. The molecule has 0 aromatic heterocycles. The van der Waals surface area contributed by atoms with E-state index >= 15 is 0 Å². The zero-order valence-corrected chi connectivity index (χ0v) is 26.7. The van der Waals surface area contributed by atoms with Gasteiger partial charge < -0.3 is 20.1 Å². The van der Waals surface area contributed by atoms with Crippen molar-refractivity contribution < 1.29 is 29.2 Å². The van der Waals surface area contributed by atoms with Crippen LogP contribution in [-0.2, 0) is 16.6 Å². The van der Waals surface area contributed by atoms with Gasteiger partial charge in [-0.15, -0.1) is 0 Å². The highest BCUT2D eigenvalue weighted by Crippen LogP contribution is 2.40. The average Bonchev–Trinajstić information content (AvgIpc) is 3.03. The summed E-state index contributed by atoms with van der Waals surface area (Å²) in [6, 6.07) is 6.38. The second-order valence-corrected chi connectivity index (χ2v) is 12.5. The lowest BCUT2D eigenvalue weighted by atomic mass is 9.78. The summed E-state index contributed by atoms with van der Waals surface area (Å²) in [4.78, 5) is 54.3. The summed E-state index contributed by atoms with van der Waals surface area (Å²) in [5.41, 5.74) is -0.461. The zero-order valence-electron chi connectivity index (χ0n) is 25.1. The van der Waals surface area contributed by atoms with Gasteiger partial charge in [0.05, 0.1) is 35.5 Å². The minimum atomic E-state index is -1.42. The molecule has 232 valence electrons. The summed E-state index contributed by atoms with van der Waals surface area (Å²) in [5, 5.41) is 25.2. The molecule has 11 nitrogen and oxygen atoms in total. The standard InChI is InChI=1S/C30H37ClN4O7S/c1-7-8-22(20-10-11-21(28(37)38)26(35(40)41)25(20)30(2,3)4)32-29(39)34-16-24(43)33(5)15-18(27(34)36)13-17-14-19(31)9-12-23(17)42-6/h9-12,14,18,22H,7-8,13,15-16H2,1-6H3,(H,32,39)(H,37,38)/t18-,22+/m0/s1. The molecule has 0 aliphatic carbocycles. The van der Waals surface area contributed by atoms with Gasteiger partial charge in [-0.25, -0.2) is 9.59 Å². The molecule has 1 saturated heterocycles. The third kappa shape index (κ3) is 7.61. The molecule has 2 N–H and O–H groups in total. The third-order valence-corrected chi connectivity index (χ3v) is 8.08. The molecule has 1 heterocycles. The number of hydrogen-bond acceptors (Lipinski definition) is 7. The van der Waals surface area contributed by atoms with E-state index in [4.69, 9.17) is 28.6 Å². The minimum absolute atomic E-state index is 0.122. The predicted molar refractivity (Wildman–Crippen MR) is 167 cm³/mol. The average molecular weight is 633 g/mol. The number of hydrogen-bond donors (Lipinski definition) is 2. The molecule has 43 heavy (non-hydrogen) atoms. The van der Waals surface area contributed by atoms with Gasteiger partial charge in [0, 0.05) is 24.2 Å². The van der Waals surface area contributed by atoms with E-state index < -0.39 is 51.5 Å². The molecular weight excluding hydrogens is 596 g/mol. The van der Waals surface area contributed by atoms with Crippen LogP contribution in [0.1, 0.15) is 73.6 Å². The number of benzene rings is 2. The van der Waals surface area contributed by atoms with Crippen LogP contribution in [0.15, 0.2) is 30.3 Å². The van der Waals surface area contributed by atoms with Crippen LogP contribution in [0.2, 0.25) is 5.02 Å². The number of carboxylic acids is 1. The number of rotatable bonds is 9. The van der Waals surface area contributed by atoms with Crippen LogP contribution in [0.5, 0.6) is 5.75 Å². The highest BCUT2D eigenvalue weighted by Gasteiger charge is 2.39. The lowest BCUT2D eigenvalue weighted by Crippen LogP contribution is -2.48. The number of thiocarbonyl (C=S) groups is 1. The number of urea groups is 1. The second kappa shape index (κ2) is 13.7. The molecule has 2 aromatic rings. The van der Waals surface area contributed by atoms with Gasteiger partial charge in [-0.05, 0) is 53.6 Å². The SMILES string of the molecule is CCC[C@@H](NC(=O)N1CC(=S)N(C)C[C@H](Cc2cc(Cl)ccc2OC)C1=O)c1ccc(C(=O)O)c([N+](=O)[O-])c1C(C)(C)C. The van der Waals surface area contributed by atoms with Crippen molar-refractivity contribution in [1.82, 2.24) is 15.1 Å². The van der Waals surface area contributed by atoms with Crippen molar-refractivity contribution >= 4 is 52.4 Å². The zero-order chi connectivity index (χ0) is 32.2. The summed E-state index contributed by atoms with van der Waals surface area (Å²) < 4.78 is 5.46. The predicted octanol–water partition coefficient (Wildman–Crippen LogP) is 5.76. The van der Waals surface area contributed by atoms with Crippen molar-refractivity contribution in [2.75, 3.05) is 27.2 Å². The van der Waals surface area contributed by atoms with Crippen LogP contribution in [0, 0.1) is 16.0 Å². The first-order valence-corrected chi connectivity index (χ1v) is 14.6. The molecule has 2 aromatic carbocycles. The topological polar surface area (TPSA) is 142 Å². The molecule has 13 heteroatoms. The molecule has 0 spiro atoms. The minimum Gasteiger partial charge on any atom is -0.496 e. The number of methoxy groups -OCH3 is 1. The van der Waals surface area contributed by atoms with E-state index in [1.54, 1.807) is 50.9 Å². The van der Waals surface area contributed by atoms with Crippen LogP contribution in [-0.4, -0.2) is 70.0 Å².